The number of aryl methyl sites for hydroxylation is 2. The van der Waals surface area contributed by atoms with Gasteiger partial charge in [0.25, 0.3) is 11.1 Å². The Hall–Kier alpha value is -4.08. The third-order valence-electron chi connectivity index (χ3n) is 8.05. The molecule has 0 radical (unpaired) electrons. The quantitative estimate of drug-likeness (QED) is 0.308. The molecule has 0 amide bonds. The molecule has 1 aromatic carbocycles. The molecule has 0 spiro atoms. The number of rotatable bonds is 0. The van der Waals surface area contributed by atoms with Gasteiger partial charge in [0.1, 0.15) is 44.1 Å². The summed E-state index contributed by atoms with van der Waals surface area (Å²) in [7, 11) is 0. The van der Waals surface area contributed by atoms with E-state index in [1.165, 1.54) is 0 Å². The molecular formula is C26H22N6O4. The molecule has 0 unspecified atom stereocenters. The minimum Gasteiger partial charge on any atom is -0.287 e. The number of hydrogen-bond donors (Lipinski definition) is 2. The predicted molar refractivity (Wildman–Crippen MR) is 132 cm³/mol. The zero-order chi connectivity index (χ0) is 24.9. The van der Waals surface area contributed by atoms with Gasteiger partial charge in [-0.05, 0) is 51.4 Å². The Kier molecular flexibility index (Phi) is 4.26. The number of benzene rings is 1. The van der Waals surface area contributed by atoms with Crippen LogP contribution in [0.25, 0.3) is 33.1 Å². The molecule has 2 aliphatic rings. The van der Waals surface area contributed by atoms with E-state index in [1.807, 2.05) is 0 Å². The van der Waals surface area contributed by atoms with Gasteiger partial charge in [-0.3, -0.25) is 30.0 Å². The zero-order valence-corrected chi connectivity index (χ0v) is 19.5. The lowest BCUT2D eigenvalue weighted by Crippen LogP contribution is -2.34. The normalized spacial score (nSPS) is 16.4. The van der Waals surface area contributed by atoms with Crippen LogP contribution in [0.15, 0.2) is 19.2 Å². The molecule has 0 aliphatic heterocycles. The van der Waals surface area contributed by atoms with Gasteiger partial charge in [-0.15, -0.1) is 0 Å². The maximum Gasteiger partial charge on any atom is 0.271 e. The third-order valence-corrected chi connectivity index (χ3v) is 8.05. The molecule has 7 rings (SSSR count). The van der Waals surface area contributed by atoms with Crippen molar-refractivity contribution in [3.8, 4) is 0 Å². The van der Waals surface area contributed by atoms with Crippen molar-refractivity contribution >= 4 is 33.1 Å². The summed E-state index contributed by atoms with van der Waals surface area (Å²) in [6.07, 6.45) is 8.16. The van der Waals surface area contributed by atoms with Gasteiger partial charge in [0.15, 0.2) is 0 Å². The van der Waals surface area contributed by atoms with Crippen molar-refractivity contribution in [2.24, 2.45) is 0 Å². The number of nitrogens with one attached hydrogen (secondary N) is 2. The summed E-state index contributed by atoms with van der Waals surface area (Å²) in [5, 5.41) is 16.3. The van der Waals surface area contributed by atoms with Crippen LogP contribution in [0.1, 0.15) is 60.8 Å². The summed E-state index contributed by atoms with van der Waals surface area (Å²) in [4.78, 5) is 63.3. The first kappa shape index (κ1) is 21.2. The highest BCUT2D eigenvalue weighted by molar-refractivity contribution is 5.95. The summed E-state index contributed by atoms with van der Waals surface area (Å²) in [5.41, 5.74) is -0.428. The van der Waals surface area contributed by atoms with Crippen LogP contribution in [-0.2, 0) is 25.7 Å². The summed E-state index contributed by atoms with van der Waals surface area (Å²) < 4.78 is 2.26. The molecule has 0 saturated heterocycles. The molecule has 0 bridgehead atoms. The summed E-state index contributed by atoms with van der Waals surface area (Å²) in [6, 6.07) is 0. The Labute approximate surface area is 201 Å². The lowest BCUT2D eigenvalue weighted by molar-refractivity contribution is 0.617. The first-order valence-electron chi connectivity index (χ1n) is 12.5. The van der Waals surface area contributed by atoms with Crippen molar-refractivity contribution in [3.63, 3.8) is 0 Å². The number of fused-ring (bicyclic) bond motifs is 8. The van der Waals surface area contributed by atoms with Crippen LogP contribution >= 0.6 is 0 Å². The van der Waals surface area contributed by atoms with Gasteiger partial charge in [0.05, 0.1) is 0 Å². The SMILES string of the molecule is N=c1c2c(c3nc4c(=O)c5c(=O)n6c(=N)c7c(c6nc5c(=O)c4c(=O)n13)CCCC7)CCCCCC2. The van der Waals surface area contributed by atoms with Crippen molar-refractivity contribution in [1.82, 2.24) is 18.8 Å². The Morgan fingerprint density at radius 3 is 1.31 bits per heavy atom. The topological polar surface area (TPSA) is 151 Å². The van der Waals surface area contributed by atoms with Crippen LogP contribution in [0.5, 0.6) is 0 Å². The smallest absolute Gasteiger partial charge is 0.271 e. The predicted octanol–water partition coefficient (Wildman–Crippen LogP) is 0.539. The first-order valence-corrected chi connectivity index (χ1v) is 12.5. The Morgan fingerprint density at radius 1 is 0.528 bits per heavy atom. The second-order valence-electron chi connectivity index (χ2n) is 9.99. The van der Waals surface area contributed by atoms with Crippen LogP contribution in [-0.4, -0.2) is 18.8 Å². The van der Waals surface area contributed by atoms with Crippen molar-refractivity contribution < 1.29 is 0 Å². The van der Waals surface area contributed by atoms with Gasteiger partial charge in [-0.25, -0.2) is 18.8 Å². The molecule has 0 saturated carbocycles. The molecule has 0 fully saturated rings. The van der Waals surface area contributed by atoms with E-state index in [0.717, 1.165) is 69.6 Å². The molecular weight excluding hydrogens is 460 g/mol. The molecule has 0 atom stereocenters. The summed E-state index contributed by atoms with van der Waals surface area (Å²) in [5.74, 6) is 0. The fraction of sp³-hybridized carbons (Fsp3) is 0.385. The van der Waals surface area contributed by atoms with Crippen LogP contribution in [0.2, 0.25) is 0 Å². The van der Waals surface area contributed by atoms with Gasteiger partial charge in [-0.2, -0.15) is 0 Å². The fourth-order valence-electron chi connectivity index (χ4n) is 6.29. The monoisotopic (exact) mass is 482 g/mol. The van der Waals surface area contributed by atoms with Crippen molar-refractivity contribution in [2.45, 2.75) is 64.2 Å². The lowest BCUT2D eigenvalue weighted by atomic mass is 9.95. The van der Waals surface area contributed by atoms with E-state index in [9.17, 15) is 19.2 Å². The molecule has 36 heavy (non-hydrogen) atoms. The highest BCUT2D eigenvalue weighted by Crippen LogP contribution is 2.24. The molecule has 2 N–H and O–H groups in total. The minimum atomic E-state index is -0.823. The van der Waals surface area contributed by atoms with Crippen molar-refractivity contribution in [2.75, 3.05) is 0 Å². The van der Waals surface area contributed by atoms with Crippen molar-refractivity contribution in [1.29, 1.82) is 10.8 Å². The van der Waals surface area contributed by atoms with Crippen LogP contribution < -0.4 is 33.0 Å². The Bertz CT molecular complexity index is 2130. The molecule has 10 nitrogen and oxygen atoms in total. The molecule has 180 valence electrons. The van der Waals surface area contributed by atoms with Gasteiger partial charge < -0.3 is 0 Å². The van der Waals surface area contributed by atoms with E-state index in [0.29, 0.717) is 25.7 Å². The molecule has 5 aromatic rings. The fourth-order valence-corrected chi connectivity index (χ4v) is 6.29. The maximum absolute atomic E-state index is 13.6. The second-order valence-corrected chi connectivity index (χ2v) is 9.99. The van der Waals surface area contributed by atoms with E-state index in [-0.39, 0.29) is 33.3 Å². The zero-order valence-electron chi connectivity index (χ0n) is 19.5. The van der Waals surface area contributed by atoms with Gasteiger partial charge in [0, 0.05) is 22.3 Å². The van der Waals surface area contributed by atoms with Gasteiger partial charge >= 0.3 is 0 Å². The highest BCUT2D eigenvalue weighted by atomic mass is 16.2. The molecule has 4 aromatic heterocycles. The van der Waals surface area contributed by atoms with Crippen LogP contribution in [0.4, 0.5) is 0 Å². The summed E-state index contributed by atoms with van der Waals surface area (Å²) >= 11 is 0. The largest absolute Gasteiger partial charge is 0.287 e. The molecule has 10 heteroatoms. The first-order chi connectivity index (χ1) is 17.4. The average Bonchev–Trinajstić information content (AvgIpc) is 3.28. The standard InChI is InChI=1S/C26H22N6O4/c27-21-11-7-3-1-2-4-9-13(11)23-29-17-15(25(35)31(21)23)20(34)18-16(19(17)33)26(36)32-22(28)12-8-5-6-10-14(12)24(32)30-18/h27-28H,1-10H2. The Morgan fingerprint density at radius 2 is 0.889 bits per heavy atom. The average molecular weight is 483 g/mol. The minimum absolute atomic E-state index is 0.00536. The summed E-state index contributed by atoms with van der Waals surface area (Å²) in [6.45, 7) is 0. The van der Waals surface area contributed by atoms with E-state index >= 15 is 0 Å². The van der Waals surface area contributed by atoms with E-state index < -0.39 is 32.7 Å². The van der Waals surface area contributed by atoms with Crippen LogP contribution in [0.3, 0.4) is 0 Å². The van der Waals surface area contributed by atoms with E-state index in [4.69, 9.17) is 10.8 Å². The number of aromatic nitrogens is 4. The molecule has 4 heterocycles. The van der Waals surface area contributed by atoms with Gasteiger partial charge in [0.2, 0.25) is 10.9 Å². The second kappa shape index (κ2) is 7.22. The van der Waals surface area contributed by atoms with E-state index in [2.05, 4.69) is 9.97 Å². The highest BCUT2D eigenvalue weighted by Gasteiger charge is 2.27. The third kappa shape index (κ3) is 2.51. The lowest BCUT2D eigenvalue weighted by Gasteiger charge is -2.09. The maximum atomic E-state index is 13.6. The van der Waals surface area contributed by atoms with Gasteiger partial charge in [-0.1, -0.05) is 12.8 Å². The Balaban J connectivity index is 1.70. The van der Waals surface area contributed by atoms with Crippen LogP contribution in [0, 0.1) is 10.8 Å². The molecule has 2 aliphatic carbocycles. The number of nitrogens with zero attached hydrogens (tertiary/aromatic N) is 4. The number of hydrogen-bond acceptors (Lipinski definition) is 8. The van der Waals surface area contributed by atoms with E-state index in [1.54, 1.807) is 0 Å². The van der Waals surface area contributed by atoms with Crippen molar-refractivity contribution in [3.05, 3.63) is 74.4 Å².